The number of sulfonamides is 1. The Bertz CT molecular complexity index is 1040. The molecule has 0 aliphatic carbocycles. The topological polar surface area (TPSA) is 87.6 Å². The molecule has 0 saturated carbocycles. The van der Waals surface area contributed by atoms with Gasteiger partial charge in [0.05, 0.1) is 4.90 Å². The first kappa shape index (κ1) is 20.1. The van der Waals surface area contributed by atoms with Crippen molar-refractivity contribution in [3.05, 3.63) is 59.2 Å². The van der Waals surface area contributed by atoms with Crippen molar-refractivity contribution in [3.8, 4) is 0 Å². The summed E-state index contributed by atoms with van der Waals surface area (Å²) >= 11 is 0. The van der Waals surface area contributed by atoms with Crippen LogP contribution in [0.2, 0.25) is 0 Å². The summed E-state index contributed by atoms with van der Waals surface area (Å²) < 4.78 is 27.1. The molecule has 0 spiro atoms. The summed E-state index contributed by atoms with van der Waals surface area (Å²) in [6.45, 7) is 8.01. The molecule has 7 heteroatoms. The fourth-order valence-electron chi connectivity index (χ4n) is 3.10. The monoisotopic (exact) mass is 399 g/mol. The lowest BCUT2D eigenvalue weighted by molar-refractivity contribution is -0.117. The van der Waals surface area contributed by atoms with Crippen molar-refractivity contribution < 1.29 is 13.2 Å². The Labute approximate surface area is 166 Å². The molecule has 0 saturated heterocycles. The van der Waals surface area contributed by atoms with E-state index < -0.39 is 16.1 Å². The van der Waals surface area contributed by atoms with Gasteiger partial charge in [-0.2, -0.15) is 0 Å². The third-order valence-corrected chi connectivity index (χ3v) is 6.12. The van der Waals surface area contributed by atoms with Gasteiger partial charge in [0.1, 0.15) is 11.9 Å². The van der Waals surface area contributed by atoms with E-state index in [0.29, 0.717) is 17.7 Å². The zero-order chi connectivity index (χ0) is 20.5. The summed E-state index contributed by atoms with van der Waals surface area (Å²) in [6.07, 6.45) is 0.504. The minimum Gasteiger partial charge on any atom is -0.324 e. The molecule has 2 aromatic carbocycles. The van der Waals surface area contributed by atoms with E-state index >= 15 is 0 Å². The summed E-state index contributed by atoms with van der Waals surface area (Å²) in [5, 5.41) is 2.91. The number of fused-ring (bicyclic) bond motifs is 1. The van der Waals surface area contributed by atoms with Crippen LogP contribution in [0.1, 0.15) is 37.0 Å². The number of hydrogen-bond donors (Lipinski definition) is 2. The van der Waals surface area contributed by atoms with E-state index in [4.69, 9.17) is 0 Å². The van der Waals surface area contributed by atoms with Gasteiger partial charge in [0, 0.05) is 11.3 Å². The maximum absolute atomic E-state index is 12.9. The van der Waals surface area contributed by atoms with Gasteiger partial charge in [-0.05, 0) is 61.6 Å². The van der Waals surface area contributed by atoms with Gasteiger partial charge in [-0.25, -0.2) is 8.42 Å². The van der Waals surface area contributed by atoms with Crippen LogP contribution in [0.4, 0.5) is 5.69 Å². The predicted molar refractivity (Wildman–Crippen MR) is 111 cm³/mol. The number of anilines is 1. The summed E-state index contributed by atoms with van der Waals surface area (Å²) in [4.78, 5) is 17.6. The van der Waals surface area contributed by atoms with E-state index in [1.165, 1.54) is 6.07 Å². The van der Waals surface area contributed by atoms with E-state index in [1.54, 1.807) is 18.2 Å². The molecule has 1 aliphatic rings. The van der Waals surface area contributed by atoms with Crippen LogP contribution < -0.4 is 10.0 Å². The van der Waals surface area contributed by atoms with E-state index in [1.807, 2.05) is 45.9 Å². The first-order valence-corrected chi connectivity index (χ1v) is 10.7. The molecule has 28 heavy (non-hydrogen) atoms. The van der Waals surface area contributed by atoms with Gasteiger partial charge < -0.3 is 5.32 Å². The predicted octanol–water partition coefficient (Wildman–Crippen LogP) is 3.40. The molecular formula is C21H25N3O3S. The van der Waals surface area contributed by atoms with Crippen LogP contribution in [-0.2, 0) is 14.8 Å². The average molecular weight is 400 g/mol. The highest BCUT2D eigenvalue weighted by Crippen LogP contribution is 2.24. The molecule has 2 aromatic rings. The fourth-order valence-corrected chi connectivity index (χ4v) is 4.33. The molecule has 3 rings (SSSR count). The van der Waals surface area contributed by atoms with E-state index in [9.17, 15) is 13.2 Å². The molecule has 1 aliphatic heterocycles. The Morgan fingerprint density at radius 3 is 2.50 bits per heavy atom. The number of amidine groups is 1. The maximum atomic E-state index is 12.9. The number of nitrogens with zero attached hydrogens (tertiary/aromatic N) is 1. The van der Waals surface area contributed by atoms with Crippen molar-refractivity contribution in [1.29, 1.82) is 0 Å². The van der Waals surface area contributed by atoms with Gasteiger partial charge in [-0.1, -0.05) is 32.0 Å². The van der Waals surface area contributed by atoms with Crippen LogP contribution in [-0.4, -0.2) is 26.2 Å². The summed E-state index contributed by atoms with van der Waals surface area (Å²) in [6, 6.07) is 11.7. The second-order valence-corrected chi connectivity index (χ2v) is 9.16. The Kier molecular flexibility index (Phi) is 5.56. The lowest BCUT2D eigenvalue weighted by Crippen LogP contribution is -2.31. The largest absolute Gasteiger partial charge is 0.324 e. The number of nitrogens with one attached hydrogen (secondary N) is 2. The van der Waals surface area contributed by atoms with Crippen molar-refractivity contribution in [2.45, 2.75) is 45.1 Å². The van der Waals surface area contributed by atoms with Crippen molar-refractivity contribution in [2.75, 3.05) is 5.32 Å². The number of aryl methyl sites for hydroxylation is 2. The van der Waals surface area contributed by atoms with Gasteiger partial charge in [0.15, 0.2) is 0 Å². The van der Waals surface area contributed by atoms with Crippen LogP contribution in [0.3, 0.4) is 0 Å². The molecule has 1 heterocycles. The normalized spacial score (nSPS) is 17.2. The van der Waals surface area contributed by atoms with Crippen LogP contribution in [0.5, 0.6) is 0 Å². The third-order valence-electron chi connectivity index (χ3n) is 4.72. The third kappa shape index (κ3) is 4.25. The summed E-state index contributed by atoms with van der Waals surface area (Å²) in [5.41, 5.74) is 3.43. The molecular weight excluding hydrogens is 374 g/mol. The highest BCUT2D eigenvalue weighted by Gasteiger charge is 2.32. The highest BCUT2D eigenvalue weighted by molar-refractivity contribution is 7.90. The maximum Gasteiger partial charge on any atom is 0.263 e. The standard InChI is InChI=1S/C21H25N3O3S/c1-13(2)11-18(21(25)22-16-10-9-14(3)15(4)12-16)23-20-17-7-5-6-8-19(17)28(26,27)24-20/h5-10,12-13,18H,11H2,1-4H3,(H,22,25)(H,23,24)/t18-/m0/s1. The Balaban J connectivity index is 1.91. The zero-order valence-corrected chi connectivity index (χ0v) is 17.3. The van der Waals surface area contributed by atoms with E-state index in [-0.39, 0.29) is 22.6 Å². The first-order valence-electron chi connectivity index (χ1n) is 9.25. The molecule has 2 N–H and O–H groups in total. The fraction of sp³-hybridized carbons (Fsp3) is 0.333. The minimum absolute atomic E-state index is 0.187. The minimum atomic E-state index is -3.64. The average Bonchev–Trinajstić information content (AvgIpc) is 2.88. The summed E-state index contributed by atoms with van der Waals surface area (Å²) in [7, 11) is -3.64. The first-order chi connectivity index (χ1) is 13.2. The van der Waals surface area contributed by atoms with E-state index in [2.05, 4.69) is 15.0 Å². The van der Waals surface area contributed by atoms with Crippen molar-refractivity contribution in [3.63, 3.8) is 0 Å². The second-order valence-electron chi connectivity index (χ2n) is 7.51. The molecule has 0 fully saturated rings. The number of benzene rings is 2. The molecule has 0 bridgehead atoms. The van der Waals surface area contributed by atoms with Crippen LogP contribution in [0, 0.1) is 19.8 Å². The zero-order valence-electron chi connectivity index (χ0n) is 16.5. The van der Waals surface area contributed by atoms with Crippen LogP contribution in [0.15, 0.2) is 52.4 Å². The molecule has 0 aromatic heterocycles. The van der Waals surface area contributed by atoms with Crippen molar-refractivity contribution >= 4 is 27.5 Å². The molecule has 6 nitrogen and oxygen atoms in total. The Hall–Kier alpha value is -2.67. The number of amides is 1. The number of rotatable bonds is 5. The Morgan fingerprint density at radius 2 is 1.82 bits per heavy atom. The van der Waals surface area contributed by atoms with Gasteiger partial charge >= 0.3 is 0 Å². The Morgan fingerprint density at radius 1 is 1.11 bits per heavy atom. The second kappa shape index (κ2) is 7.75. The summed E-state index contributed by atoms with van der Waals surface area (Å²) in [5.74, 6) is 0.178. The van der Waals surface area contributed by atoms with Gasteiger partial charge in [-0.3, -0.25) is 14.5 Å². The molecule has 1 amide bonds. The SMILES string of the molecule is Cc1ccc(NC(=O)[C@H](CC(C)C)N=C2NS(=O)(=O)c3ccccc32)cc1C. The van der Waals surface area contributed by atoms with E-state index in [0.717, 1.165) is 11.1 Å². The molecule has 0 unspecified atom stereocenters. The molecule has 1 atom stereocenters. The van der Waals surface area contributed by atoms with Crippen LogP contribution in [0.25, 0.3) is 0 Å². The number of aliphatic imine (C=N–C) groups is 1. The lowest BCUT2D eigenvalue weighted by Gasteiger charge is -2.16. The molecule has 148 valence electrons. The van der Waals surface area contributed by atoms with Gasteiger partial charge in [0.2, 0.25) is 5.91 Å². The quantitative estimate of drug-likeness (QED) is 0.808. The highest BCUT2D eigenvalue weighted by atomic mass is 32.2. The number of carbonyl (C=O) groups excluding carboxylic acids is 1. The number of carbonyl (C=O) groups is 1. The van der Waals surface area contributed by atoms with Crippen LogP contribution >= 0.6 is 0 Å². The van der Waals surface area contributed by atoms with Gasteiger partial charge in [-0.15, -0.1) is 0 Å². The van der Waals surface area contributed by atoms with Gasteiger partial charge in [0.25, 0.3) is 10.0 Å². The van der Waals surface area contributed by atoms with Crippen molar-refractivity contribution in [2.24, 2.45) is 10.9 Å². The lowest BCUT2D eigenvalue weighted by atomic mass is 10.0. The van der Waals surface area contributed by atoms with Crippen molar-refractivity contribution in [1.82, 2.24) is 4.72 Å². The smallest absolute Gasteiger partial charge is 0.263 e. The number of hydrogen-bond acceptors (Lipinski definition) is 4. The molecule has 0 radical (unpaired) electrons.